The number of ketones is 8. The molecule has 0 unspecified atom stereocenters. The van der Waals surface area contributed by atoms with Crippen molar-refractivity contribution in [2.45, 2.75) is 27.7 Å². The largest absolute Gasteiger partial charge is 0.507 e. The van der Waals surface area contributed by atoms with E-state index < -0.39 is 85.8 Å². The van der Waals surface area contributed by atoms with Gasteiger partial charge in [-0.25, -0.2) is 0 Å². The summed E-state index contributed by atoms with van der Waals surface area (Å²) in [5.74, 6) is -7.72. The zero-order valence-electron chi connectivity index (χ0n) is 29.5. The summed E-state index contributed by atoms with van der Waals surface area (Å²) in [6.45, 7) is 6.26. The Morgan fingerprint density at radius 2 is 0.782 bits per heavy atom. The van der Waals surface area contributed by atoms with Gasteiger partial charge >= 0.3 is 0 Å². The van der Waals surface area contributed by atoms with E-state index in [2.05, 4.69) is 0 Å². The van der Waals surface area contributed by atoms with Crippen molar-refractivity contribution >= 4 is 46.3 Å². The van der Waals surface area contributed by atoms with Crippen LogP contribution in [0.4, 0.5) is 0 Å². The smallest absolute Gasteiger partial charge is 0.198 e. The molecule has 268 valence electrons. The van der Waals surface area contributed by atoms with Gasteiger partial charge in [-0.2, -0.15) is 0 Å². The Hall–Kier alpha value is -7.40. The van der Waals surface area contributed by atoms with E-state index in [4.69, 9.17) is 0 Å². The van der Waals surface area contributed by atoms with Gasteiger partial charge in [0.2, 0.25) is 0 Å². The molecular formula is C44H26O11. The Labute approximate surface area is 311 Å². The molecule has 0 saturated heterocycles. The summed E-state index contributed by atoms with van der Waals surface area (Å²) >= 11 is 0. The Bertz CT molecular complexity index is 2850. The summed E-state index contributed by atoms with van der Waals surface area (Å²) in [4.78, 5) is 108. The van der Waals surface area contributed by atoms with Crippen LogP contribution >= 0.6 is 0 Å². The molecule has 0 atom stereocenters. The number of carbonyl (C=O) groups is 8. The number of benzene rings is 4. The molecule has 0 fully saturated rings. The molecule has 0 amide bonds. The lowest BCUT2D eigenvalue weighted by Gasteiger charge is -2.26. The summed E-state index contributed by atoms with van der Waals surface area (Å²) in [7, 11) is 0. The van der Waals surface area contributed by atoms with Crippen LogP contribution in [0.15, 0.2) is 77.9 Å². The van der Waals surface area contributed by atoms with Crippen molar-refractivity contribution < 1.29 is 53.7 Å². The normalized spacial score (nSPS) is 15.9. The molecule has 11 nitrogen and oxygen atoms in total. The Balaban J connectivity index is 1.28. The minimum atomic E-state index is -1.02. The highest BCUT2D eigenvalue weighted by atomic mass is 16.3. The molecule has 0 heterocycles. The third kappa shape index (κ3) is 4.76. The zero-order valence-corrected chi connectivity index (χ0v) is 29.5. The molecule has 0 spiro atoms. The Kier molecular flexibility index (Phi) is 7.44. The molecule has 8 rings (SSSR count). The fourth-order valence-electron chi connectivity index (χ4n) is 8.05. The van der Waals surface area contributed by atoms with Crippen molar-refractivity contribution in [3.05, 3.63) is 145 Å². The van der Waals surface area contributed by atoms with E-state index in [1.807, 2.05) is 0 Å². The molecule has 0 aliphatic heterocycles. The van der Waals surface area contributed by atoms with Crippen molar-refractivity contribution in [1.29, 1.82) is 0 Å². The number of aryl methyl sites for hydroxylation is 4. The van der Waals surface area contributed by atoms with Crippen LogP contribution in [0.5, 0.6) is 17.2 Å². The molecule has 0 radical (unpaired) electrons. The van der Waals surface area contributed by atoms with Gasteiger partial charge in [0.25, 0.3) is 0 Å². The monoisotopic (exact) mass is 730 g/mol. The second-order valence-electron chi connectivity index (χ2n) is 13.8. The van der Waals surface area contributed by atoms with Gasteiger partial charge in [0, 0.05) is 61.2 Å². The number of hydrogen-bond donors (Lipinski definition) is 3. The lowest BCUT2D eigenvalue weighted by molar-refractivity contribution is 0.0959. The number of fused-ring (bicyclic) bond motifs is 4. The SMILES string of the molecule is Cc1cc2c(c(O)c1-c1c(C)ccc3c1C(=O)C=CC3=O)C(=O)C(C1=CC(=O)c3cc(C)c(-c4c(C)cc(O)c5c4C(=O)C=CC5=O)c(O)c3C1=O)=CC2=O. The maximum atomic E-state index is 14.4. The zero-order chi connectivity index (χ0) is 39.5. The number of Topliss-reactive ketones (excluding diaryl/α,β-unsaturated/α-hetero) is 2. The summed E-state index contributed by atoms with van der Waals surface area (Å²) in [5, 5.41) is 34.3. The molecule has 4 aromatic rings. The second-order valence-corrected chi connectivity index (χ2v) is 13.8. The van der Waals surface area contributed by atoms with Crippen molar-refractivity contribution in [1.82, 2.24) is 0 Å². The number of rotatable bonds is 3. The topological polar surface area (TPSA) is 197 Å². The van der Waals surface area contributed by atoms with E-state index in [9.17, 15) is 53.7 Å². The minimum Gasteiger partial charge on any atom is -0.507 e. The summed E-state index contributed by atoms with van der Waals surface area (Å²) in [6, 6.07) is 7.00. The standard InChI is InChI=1S/C44H26O11/c1-16-5-6-20-25(45)7-8-26(46)36(20)32(16)34-17(2)11-23-29(49)14-21(41(52)37(23)43(34)54)22-15-30(50)24-12-18(3)35(44(55)38(24)42(22)53)33-19(4)13-31(51)39-27(47)9-10-28(48)40(33)39/h5-15,51,54-55H,1-4H3. The number of phenolic OH excluding ortho intramolecular Hbond substituents is 3. The number of aromatic hydroxyl groups is 3. The van der Waals surface area contributed by atoms with Gasteiger partial charge in [-0.1, -0.05) is 12.1 Å². The van der Waals surface area contributed by atoms with Crippen LogP contribution in [-0.4, -0.2) is 61.6 Å². The van der Waals surface area contributed by atoms with Crippen molar-refractivity contribution in [2.75, 3.05) is 0 Å². The van der Waals surface area contributed by atoms with Crippen LogP contribution in [0.1, 0.15) is 105 Å². The number of phenols is 3. The number of carbonyl (C=O) groups excluding carboxylic acids is 8. The lowest BCUT2D eigenvalue weighted by Crippen LogP contribution is -2.26. The average Bonchev–Trinajstić information content (AvgIpc) is 3.12. The predicted octanol–water partition coefficient (Wildman–Crippen LogP) is 6.55. The maximum absolute atomic E-state index is 14.4. The fraction of sp³-hybridized carbons (Fsp3) is 0.0909. The third-order valence-corrected chi connectivity index (χ3v) is 10.5. The fourth-order valence-corrected chi connectivity index (χ4v) is 8.05. The Morgan fingerprint density at radius 3 is 1.29 bits per heavy atom. The second kappa shape index (κ2) is 11.8. The summed E-state index contributed by atoms with van der Waals surface area (Å²) in [5.41, 5.74) is -1.46. The number of hydrogen-bond acceptors (Lipinski definition) is 11. The van der Waals surface area contributed by atoms with E-state index >= 15 is 0 Å². The number of allylic oxidation sites excluding steroid dienone is 8. The quantitative estimate of drug-likeness (QED) is 0.207. The maximum Gasteiger partial charge on any atom is 0.198 e. The van der Waals surface area contributed by atoms with Gasteiger partial charge in [-0.05, 0) is 105 Å². The van der Waals surface area contributed by atoms with E-state index in [1.54, 1.807) is 19.9 Å². The molecular weight excluding hydrogens is 704 g/mol. The average molecular weight is 731 g/mol. The van der Waals surface area contributed by atoms with Gasteiger partial charge in [-0.15, -0.1) is 0 Å². The summed E-state index contributed by atoms with van der Waals surface area (Å²) in [6.07, 6.45) is 6.01. The molecule has 0 bridgehead atoms. The minimum absolute atomic E-state index is 0.0114. The van der Waals surface area contributed by atoms with Crippen LogP contribution in [-0.2, 0) is 0 Å². The van der Waals surface area contributed by atoms with Gasteiger partial charge < -0.3 is 15.3 Å². The van der Waals surface area contributed by atoms with Gasteiger partial charge in [0.1, 0.15) is 17.2 Å². The Morgan fingerprint density at radius 1 is 0.364 bits per heavy atom. The molecule has 4 aromatic carbocycles. The molecule has 4 aliphatic carbocycles. The molecule has 11 heteroatoms. The van der Waals surface area contributed by atoms with Crippen LogP contribution < -0.4 is 0 Å². The van der Waals surface area contributed by atoms with E-state index in [1.165, 1.54) is 38.1 Å². The molecule has 0 aromatic heterocycles. The van der Waals surface area contributed by atoms with Crippen LogP contribution in [0.3, 0.4) is 0 Å². The van der Waals surface area contributed by atoms with Crippen LogP contribution in [0.2, 0.25) is 0 Å². The lowest BCUT2D eigenvalue weighted by atomic mass is 9.75. The highest BCUT2D eigenvalue weighted by Gasteiger charge is 2.40. The highest BCUT2D eigenvalue weighted by molar-refractivity contribution is 6.37. The van der Waals surface area contributed by atoms with E-state index in [-0.39, 0.29) is 66.8 Å². The molecule has 0 saturated carbocycles. The van der Waals surface area contributed by atoms with Gasteiger partial charge in [0.05, 0.1) is 16.7 Å². The van der Waals surface area contributed by atoms with Crippen molar-refractivity contribution in [3.63, 3.8) is 0 Å². The molecule has 4 aliphatic rings. The van der Waals surface area contributed by atoms with E-state index in [0.29, 0.717) is 11.1 Å². The predicted molar refractivity (Wildman–Crippen MR) is 197 cm³/mol. The summed E-state index contributed by atoms with van der Waals surface area (Å²) < 4.78 is 0. The van der Waals surface area contributed by atoms with Crippen molar-refractivity contribution in [2.24, 2.45) is 0 Å². The molecule has 55 heavy (non-hydrogen) atoms. The van der Waals surface area contributed by atoms with Gasteiger partial charge in [0.15, 0.2) is 46.3 Å². The van der Waals surface area contributed by atoms with Crippen molar-refractivity contribution in [3.8, 4) is 39.5 Å². The highest BCUT2D eigenvalue weighted by Crippen LogP contribution is 2.48. The first-order valence-corrected chi connectivity index (χ1v) is 16.9. The van der Waals surface area contributed by atoms with Gasteiger partial charge in [-0.3, -0.25) is 38.4 Å². The van der Waals surface area contributed by atoms with E-state index in [0.717, 1.165) is 36.5 Å². The molecule has 3 N–H and O–H groups in total. The first-order chi connectivity index (χ1) is 26.0. The van der Waals surface area contributed by atoms with Crippen LogP contribution in [0.25, 0.3) is 22.3 Å². The first kappa shape index (κ1) is 34.7. The first-order valence-electron chi connectivity index (χ1n) is 16.9. The van der Waals surface area contributed by atoms with Crippen LogP contribution in [0, 0.1) is 27.7 Å². The third-order valence-electron chi connectivity index (χ3n) is 10.5.